The van der Waals surface area contributed by atoms with Gasteiger partial charge < -0.3 is 19.5 Å². The van der Waals surface area contributed by atoms with E-state index in [1.54, 1.807) is 0 Å². The van der Waals surface area contributed by atoms with Gasteiger partial charge in [-0.3, -0.25) is 4.79 Å². The van der Waals surface area contributed by atoms with E-state index < -0.39 is 0 Å². The number of hydrogen-bond acceptors (Lipinski definition) is 4. The van der Waals surface area contributed by atoms with Gasteiger partial charge in [-0.05, 0) is 20.3 Å². The van der Waals surface area contributed by atoms with E-state index in [1.165, 1.54) is 0 Å². The average Bonchev–Trinajstić information content (AvgIpc) is 2.71. The van der Waals surface area contributed by atoms with Gasteiger partial charge in [0.15, 0.2) is 6.29 Å². The molecule has 1 atom stereocenters. The molecule has 0 aromatic rings. The van der Waals surface area contributed by atoms with Crippen molar-refractivity contribution < 1.29 is 19.4 Å². The summed E-state index contributed by atoms with van der Waals surface area (Å²) in [6, 6.07) is 0. The number of amides is 1. The van der Waals surface area contributed by atoms with Crippen LogP contribution in [0.5, 0.6) is 0 Å². The van der Waals surface area contributed by atoms with Crippen molar-refractivity contribution in [3.8, 4) is 0 Å². The molecule has 1 amide bonds. The zero-order valence-corrected chi connectivity index (χ0v) is 11.4. The minimum atomic E-state index is -0.161. The Kier molecular flexibility index (Phi) is 7.23. The predicted molar refractivity (Wildman–Crippen MR) is 68.0 cm³/mol. The van der Waals surface area contributed by atoms with E-state index in [9.17, 15) is 4.79 Å². The number of carbonyl (C=O) groups excluding carboxylic acids is 1. The molecule has 5 heteroatoms. The number of aliphatic hydroxyl groups is 1. The number of likely N-dealkylation sites (tertiary alicyclic amines) is 1. The van der Waals surface area contributed by atoms with E-state index in [-0.39, 0.29) is 24.7 Å². The van der Waals surface area contributed by atoms with Crippen molar-refractivity contribution in [2.45, 2.75) is 39.4 Å². The fraction of sp³-hybridized carbons (Fsp3) is 0.923. The highest BCUT2D eigenvalue weighted by molar-refractivity contribution is 5.78. The van der Waals surface area contributed by atoms with E-state index >= 15 is 0 Å². The molecule has 0 spiro atoms. The molecular formula is C13H25NO4. The maximum atomic E-state index is 11.6. The van der Waals surface area contributed by atoms with Gasteiger partial charge in [-0.15, -0.1) is 0 Å². The van der Waals surface area contributed by atoms with E-state index in [0.717, 1.165) is 19.4 Å². The van der Waals surface area contributed by atoms with Crippen LogP contribution in [0.2, 0.25) is 0 Å². The summed E-state index contributed by atoms with van der Waals surface area (Å²) in [6.45, 7) is 6.68. The first-order chi connectivity index (χ1) is 8.71. The lowest BCUT2D eigenvalue weighted by molar-refractivity contribution is -0.141. The molecule has 1 unspecified atom stereocenters. The molecular weight excluding hydrogens is 234 g/mol. The molecule has 5 nitrogen and oxygen atoms in total. The first kappa shape index (κ1) is 15.4. The zero-order chi connectivity index (χ0) is 13.4. The largest absolute Gasteiger partial charge is 0.396 e. The molecule has 1 aliphatic rings. The van der Waals surface area contributed by atoms with Crippen LogP contribution in [0.15, 0.2) is 0 Å². The average molecular weight is 259 g/mol. The number of rotatable bonds is 9. The molecule has 1 saturated heterocycles. The van der Waals surface area contributed by atoms with Gasteiger partial charge in [0, 0.05) is 51.7 Å². The zero-order valence-electron chi connectivity index (χ0n) is 11.4. The molecule has 0 aromatic heterocycles. The van der Waals surface area contributed by atoms with Crippen molar-refractivity contribution in [2.24, 2.45) is 5.92 Å². The third-order valence-corrected chi connectivity index (χ3v) is 3.13. The summed E-state index contributed by atoms with van der Waals surface area (Å²) in [4.78, 5) is 13.5. The standard InChI is InChI=1S/C13H25NO4/c1-3-17-13(18-4-2)6-5-7-14-9-11(10-15)8-12(14)16/h11,13,15H,3-10H2,1-2H3. The normalized spacial score (nSPS) is 20.1. The SMILES string of the molecule is CCOC(CCCN1CC(CO)CC1=O)OCC. The van der Waals surface area contributed by atoms with Crippen LogP contribution in [0, 0.1) is 5.92 Å². The summed E-state index contributed by atoms with van der Waals surface area (Å²) >= 11 is 0. The maximum absolute atomic E-state index is 11.6. The van der Waals surface area contributed by atoms with Crippen molar-refractivity contribution in [1.82, 2.24) is 4.90 Å². The topological polar surface area (TPSA) is 59.0 Å². The molecule has 0 radical (unpaired) electrons. The molecule has 106 valence electrons. The number of ether oxygens (including phenoxy) is 2. The van der Waals surface area contributed by atoms with Crippen molar-refractivity contribution >= 4 is 5.91 Å². The van der Waals surface area contributed by atoms with Crippen LogP contribution in [-0.4, -0.2) is 55.1 Å². The molecule has 0 bridgehead atoms. The summed E-state index contributed by atoms with van der Waals surface area (Å²) in [5.41, 5.74) is 0. The third kappa shape index (κ3) is 4.92. The maximum Gasteiger partial charge on any atom is 0.223 e. The van der Waals surface area contributed by atoms with Crippen molar-refractivity contribution in [2.75, 3.05) is 32.9 Å². The van der Waals surface area contributed by atoms with Gasteiger partial charge in [0.05, 0.1) is 0 Å². The Morgan fingerprint density at radius 2 is 2.06 bits per heavy atom. The number of carbonyl (C=O) groups is 1. The number of nitrogens with zero attached hydrogens (tertiary/aromatic N) is 1. The van der Waals surface area contributed by atoms with Gasteiger partial charge in [-0.25, -0.2) is 0 Å². The molecule has 18 heavy (non-hydrogen) atoms. The second-order valence-electron chi connectivity index (χ2n) is 4.57. The molecule has 1 rings (SSSR count). The summed E-state index contributed by atoms with van der Waals surface area (Å²) in [5.74, 6) is 0.269. The number of hydrogen-bond donors (Lipinski definition) is 1. The van der Waals surface area contributed by atoms with Crippen LogP contribution in [0.1, 0.15) is 33.1 Å². The van der Waals surface area contributed by atoms with Crippen molar-refractivity contribution in [1.29, 1.82) is 0 Å². The van der Waals surface area contributed by atoms with Crippen molar-refractivity contribution in [3.05, 3.63) is 0 Å². The highest BCUT2D eigenvalue weighted by Crippen LogP contribution is 2.18. The fourth-order valence-corrected chi connectivity index (χ4v) is 2.23. The van der Waals surface area contributed by atoms with Gasteiger partial charge in [0.2, 0.25) is 5.91 Å². The van der Waals surface area contributed by atoms with Gasteiger partial charge in [-0.2, -0.15) is 0 Å². The lowest BCUT2D eigenvalue weighted by atomic mass is 10.1. The van der Waals surface area contributed by atoms with Gasteiger partial charge in [0.1, 0.15) is 0 Å². The van der Waals surface area contributed by atoms with Gasteiger partial charge >= 0.3 is 0 Å². The van der Waals surface area contributed by atoms with E-state index in [0.29, 0.717) is 26.2 Å². The highest BCUT2D eigenvalue weighted by atomic mass is 16.7. The first-order valence-corrected chi connectivity index (χ1v) is 6.83. The minimum Gasteiger partial charge on any atom is -0.396 e. The van der Waals surface area contributed by atoms with Gasteiger partial charge in [0.25, 0.3) is 0 Å². The van der Waals surface area contributed by atoms with E-state index in [4.69, 9.17) is 14.6 Å². The van der Waals surface area contributed by atoms with Crippen LogP contribution >= 0.6 is 0 Å². The second-order valence-corrected chi connectivity index (χ2v) is 4.57. The van der Waals surface area contributed by atoms with E-state index in [1.807, 2.05) is 18.7 Å². The summed E-state index contributed by atoms with van der Waals surface area (Å²) in [7, 11) is 0. The molecule has 1 aliphatic heterocycles. The highest BCUT2D eigenvalue weighted by Gasteiger charge is 2.28. The monoisotopic (exact) mass is 259 g/mol. The van der Waals surface area contributed by atoms with Crippen LogP contribution in [-0.2, 0) is 14.3 Å². The fourth-order valence-electron chi connectivity index (χ4n) is 2.23. The molecule has 1 N–H and O–H groups in total. The Hall–Kier alpha value is -0.650. The quantitative estimate of drug-likeness (QED) is 0.628. The minimum absolute atomic E-state index is 0.1000. The lowest BCUT2D eigenvalue weighted by Crippen LogP contribution is -2.28. The molecule has 1 heterocycles. The van der Waals surface area contributed by atoms with Gasteiger partial charge in [-0.1, -0.05) is 0 Å². The Morgan fingerprint density at radius 1 is 1.39 bits per heavy atom. The molecule has 1 fully saturated rings. The second kappa shape index (κ2) is 8.45. The van der Waals surface area contributed by atoms with Crippen molar-refractivity contribution in [3.63, 3.8) is 0 Å². The van der Waals surface area contributed by atoms with E-state index in [2.05, 4.69) is 0 Å². The Morgan fingerprint density at radius 3 is 2.56 bits per heavy atom. The number of aliphatic hydroxyl groups excluding tert-OH is 1. The van der Waals surface area contributed by atoms with Crippen LogP contribution < -0.4 is 0 Å². The third-order valence-electron chi connectivity index (χ3n) is 3.13. The summed E-state index contributed by atoms with van der Waals surface area (Å²) in [6.07, 6.45) is 1.99. The molecule has 0 aromatic carbocycles. The Bertz CT molecular complexity index is 241. The Balaban J connectivity index is 2.21. The predicted octanol–water partition coefficient (Wildman–Crippen LogP) is 1.01. The first-order valence-electron chi connectivity index (χ1n) is 6.83. The summed E-state index contributed by atoms with van der Waals surface area (Å²) < 4.78 is 10.9. The smallest absolute Gasteiger partial charge is 0.223 e. The molecule has 0 saturated carbocycles. The summed E-state index contributed by atoms with van der Waals surface area (Å²) in [5, 5.41) is 9.04. The van der Waals surface area contributed by atoms with Crippen LogP contribution in [0.25, 0.3) is 0 Å². The molecule has 0 aliphatic carbocycles. The van der Waals surface area contributed by atoms with Crippen LogP contribution in [0.3, 0.4) is 0 Å². The van der Waals surface area contributed by atoms with Crippen LogP contribution in [0.4, 0.5) is 0 Å². The Labute approximate surface area is 109 Å². The lowest BCUT2D eigenvalue weighted by Gasteiger charge is -2.20.